The summed E-state index contributed by atoms with van der Waals surface area (Å²) in [6.07, 6.45) is 1.60. The van der Waals surface area contributed by atoms with Crippen LogP contribution in [0.2, 0.25) is 0 Å². The number of nitrogens with zero attached hydrogens (tertiary/aromatic N) is 2. The molecule has 1 aromatic carbocycles. The van der Waals surface area contributed by atoms with Crippen LogP contribution >= 0.6 is 0 Å². The molecule has 5 nitrogen and oxygen atoms in total. The van der Waals surface area contributed by atoms with Crippen LogP contribution in [-0.4, -0.2) is 19.9 Å². The molecule has 0 unspecified atom stereocenters. The Morgan fingerprint density at radius 1 is 1.28 bits per heavy atom. The highest BCUT2D eigenvalue weighted by Gasteiger charge is 2.29. The summed E-state index contributed by atoms with van der Waals surface area (Å²) in [4.78, 5) is 12.6. The van der Waals surface area contributed by atoms with Crippen LogP contribution in [0, 0.1) is 19.8 Å². The zero-order chi connectivity index (χ0) is 18.1. The lowest BCUT2D eigenvalue weighted by Crippen LogP contribution is -2.24. The second-order valence-corrected chi connectivity index (χ2v) is 8.16. The largest absolute Gasteiger partial charge is 0.310 e. The van der Waals surface area contributed by atoms with Gasteiger partial charge in [0.15, 0.2) is 0 Å². The molecule has 1 aromatic heterocycles. The summed E-state index contributed by atoms with van der Waals surface area (Å²) in [6, 6.07) is 6.17. The number of hydrogen-bond acceptors (Lipinski definition) is 3. The molecule has 0 aliphatic carbocycles. The van der Waals surface area contributed by atoms with Gasteiger partial charge in [0.05, 0.1) is 22.9 Å². The van der Waals surface area contributed by atoms with E-state index in [1.165, 1.54) is 5.56 Å². The van der Waals surface area contributed by atoms with Gasteiger partial charge in [0.2, 0.25) is 5.91 Å². The first-order chi connectivity index (χ1) is 11.9. The van der Waals surface area contributed by atoms with E-state index in [0.29, 0.717) is 17.3 Å². The van der Waals surface area contributed by atoms with Gasteiger partial charge in [-0.05, 0) is 38.3 Å². The molecule has 1 aliphatic rings. The lowest BCUT2D eigenvalue weighted by Gasteiger charge is -2.16. The summed E-state index contributed by atoms with van der Waals surface area (Å²) < 4.78 is 13.8. The molecule has 0 radical (unpaired) electrons. The minimum absolute atomic E-state index is 0.0106. The van der Waals surface area contributed by atoms with E-state index >= 15 is 0 Å². The molecule has 1 amide bonds. The number of rotatable bonds is 5. The Kier molecular flexibility index (Phi) is 5.08. The van der Waals surface area contributed by atoms with Crippen LogP contribution < -0.4 is 5.32 Å². The molecule has 25 heavy (non-hydrogen) atoms. The predicted octanol–water partition coefficient (Wildman–Crippen LogP) is 3.63. The van der Waals surface area contributed by atoms with E-state index in [1.807, 2.05) is 37.6 Å². The van der Waals surface area contributed by atoms with Crippen molar-refractivity contribution in [2.75, 3.05) is 5.32 Å². The van der Waals surface area contributed by atoms with E-state index in [1.54, 1.807) is 0 Å². The fraction of sp³-hybridized carbons (Fsp3) is 0.474. The van der Waals surface area contributed by atoms with Crippen molar-refractivity contribution in [1.29, 1.82) is 0 Å². The Hall–Kier alpha value is -1.95. The Morgan fingerprint density at radius 2 is 2.00 bits per heavy atom. The van der Waals surface area contributed by atoms with Gasteiger partial charge in [-0.2, -0.15) is 5.10 Å². The van der Waals surface area contributed by atoms with E-state index in [-0.39, 0.29) is 11.8 Å². The first-order valence-corrected chi connectivity index (χ1v) is 10.3. The van der Waals surface area contributed by atoms with Crippen molar-refractivity contribution < 1.29 is 9.00 Å². The molecule has 2 heterocycles. The highest BCUT2D eigenvalue weighted by Crippen LogP contribution is 2.32. The molecule has 1 atom stereocenters. The number of fused-ring (bicyclic) bond motifs is 1. The zero-order valence-corrected chi connectivity index (χ0v) is 16.1. The topological polar surface area (TPSA) is 64.0 Å². The molecule has 0 bridgehead atoms. The Balaban J connectivity index is 2.06. The quantitative estimate of drug-likeness (QED) is 0.887. The van der Waals surface area contributed by atoms with E-state index in [2.05, 4.69) is 23.4 Å². The minimum Gasteiger partial charge on any atom is -0.310 e. The van der Waals surface area contributed by atoms with Gasteiger partial charge in [0, 0.05) is 22.3 Å². The van der Waals surface area contributed by atoms with E-state index in [9.17, 15) is 9.00 Å². The Bertz CT molecular complexity index is 837. The Morgan fingerprint density at radius 3 is 2.64 bits per heavy atom. The molecule has 134 valence electrons. The predicted molar refractivity (Wildman–Crippen MR) is 101 cm³/mol. The van der Waals surface area contributed by atoms with Crippen molar-refractivity contribution in [3.05, 3.63) is 40.6 Å². The number of aryl methyl sites for hydroxylation is 2. The number of benzene rings is 1. The third kappa shape index (κ3) is 3.40. The van der Waals surface area contributed by atoms with Crippen LogP contribution in [0.15, 0.2) is 18.2 Å². The number of aromatic nitrogens is 2. The molecular formula is C19H25N3O2S. The molecule has 3 rings (SSSR count). The fourth-order valence-electron chi connectivity index (χ4n) is 3.35. The van der Waals surface area contributed by atoms with E-state index in [0.717, 1.165) is 35.3 Å². The minimum atomic E-state index is -0.928. The lowest BCUT2D eigenvalue weighted by molar-refractivity contribution is -0.120. The van der Waals surface area contributed by atoms with Crippen molar-refractivity contribution in [2.45, 2.75) is 52.0 Å². The summed E-state index contributed by atoms with van der Waals surface area (Å²) in [6.45, 7) is 8.14. The van der Waals surface area contributed by atoms with Crippen molar-refractivity contribution in [3.63, 3.8) is 0 Å². The van der Waals surface area contributed by atoms with E-state index in [4.69, 9.17) is 0 Å². The summed E-state index contributed by atoms with van der Waals surface area (Å²) in [7, 11) is -0.928. The highest BCUT2D eigenvalue weighted by molar-refractivity contribution is 7.83. The van der Waals surface area contributed by atoms with Gasteiger partial charge in [-0.3, -0.25) is 9.00 Å². The maximum Gasteiger partial charge on any atom is 0.228 e. The van der Waals surface area contributed by atoms with Crippen LogP contribution in [0.1, 0.15) is 49.1 Å². The summed E-state index contributed by atoms with van der Waals surface area (Å²) in [5.41, 5.74) is 4.98. The van der Waals surface area contributed by atoms with Crippen molar-refractivity contribution >= 4 is 22.5 Å². The highest BCUT2D eigenvalue weighted by atomic mass is 32.2. The third-order valence-corrected chi connectivity index (χ3v) is 6.05. The van der Waals surface area contributed by atoms with Gasteiger partial charge in [-0.1, -0.05) is 31.5 Å². The van der Waals surface area contributed by atoms with E-state index < -0.39 is 10.8 Å². The first-order valence-electron chi connectivity index (χ1n) is 8.78. The summed E-state index contributed by atoms with van der Waals surface area (Å²) in [5.74, 6) is 1.59. The number of carbonyl (C=O) groups is 1. The molecular weight excluding hydrogens is 334 g/mol. The number of anilines is 1. The second kappa shape index (κ2) is 7.12. The standard InChI is InChI=1S/C19H25N3O2S/c1-5-14(6-2)19(23)20-18-15-10-25(24)11-16(15)21-22(18)17-8-7-12(3)9-13(17)4/h7-9,14H,5-6,10-11H2,1-4H3,(H,20,23)/t25-/m1/s1. The van der Waals surface area contributed by atoms with Crippen LogP contribution in [0.5, 0.6) is 0 Å². The zero-order valence-electron chi connectivity index (χ0n) is 15.3. The number of hydrogen-bond donors (Lipinski definition) is 1. The number of nitrogens with one attached hydrogen (secondary N) is 1. The summed E-state index contributed by atoms with van der Waals surface area (Å²) >= 11 is 0. The lowest BCUT2D eigenvalue weighted by atomic mass is 10.0. The molecule has 2 aromatic rings. The number of amides is 1. The number of carbonyl (C=O) groups excluding carboxylic acids is 1. The first kappa shape index (κ1) is 17.9. The van der Waals surface area contributed by atoms with Crippen molar-refractivity contribution in [3.8, 4) is 5.69 Å². The Labute approximate surface area is 151 Å². The van der Waals surface area contributed by atoms with Gasteiger partial charge in [-0.25, -0.2) is 4.68 Å². The fourth-order valence-corrected chi connectivity index (χ4v) is 4.62. The smallest absolute Gasteiger partial charge is 0.228 e. The monoisotopic (exact) mass is 359 g/mol. The van der Waals surface area contributed by atoms with Gasteiger partial charge in [0.1, 0.15) is 5.82 Å². The maximum absolute atomic E-state index is 12.6. The molecule has 1 N–H and O–H groups in total. The maximum atomic E-state index is 12.6. The van der Waals surface area contributed by atoms with Crippen LogP contribution in [0.3, 0.4) is 0 Å². The molecule has 0 fully saturated rings. The van der Waals surface area contributed by atoms with Gasteiger partial charge >= 0.3 is 0 Å². The average Bonchev–Trinajstić information content (AvgIpc) is 3.06. The second-order valence-electron chi connectivity index (χ2n) is 6.71. The van der Waals surface area contributed by atoms with Gasteiger partial charge in [-0.15, -0.1) is 0 Å². The van der Waals surface area contributed by atoms with Crippen LogP contribution in [0.4, 0.5) is 5.82 Å². The molecule has 0 spiro atoms. The third-order valence-electron chi connectivity index (χ3n) is 4.85. The summed E-state index contributed by atoms with van der Waals surface area (Å²) in [5, 5.41) is 7.76. The molecule has 0 saturated heterocycles. The van der Waals surface area contributed by atoms with Gasteiger partial charge < -0.3 is 5.32 Å². The normalized spacial score (nSPS) is 16.3. The van der Waals surface area contributed by atoms with Crippen LogP contribution in [-0.2, 0) is 27.1 Å². The van der Waals surface area contributed by atoms with Crippen LogP contribution in [0.25, 0.3) is 5.69 Å². The SMILES string of the molecule is CCC(CC)C(=O)Nc1c2c(nn1-c1ccc(C)cc1C)C[S@](=O)C2. The molecule has 1 aliphatic heterocycles. The van der Waals surface area contributed by atoms with Gasteiger partial charge in [0.25, 0.3) is 0 Å². The molecule has 6 heteroatoms. The van der Waals surface area contributed by atoms with Crippen molar-refractivity contribution in [2.24, 2.45) is 5.92 Å². The van der Waals surface area contributed by atoms with Crippen molar-refractivity contribution in [1.82, 2.24) is 9.78 Å². The average molecular weight is 359 g/mol. The molecule has 0 saturated carbocycles.